The second kappa shape index (κ2) is 10.9. The molecule has 0 bridgehead atoms. The number of hydrogen-bond donors (Lipinski definition) is 2. The van der Waals surface area contributed by atoms with Gasteiger partial charge in [0.05, 0.1) is 18.2 Å². The van der Waals surface area contributed by atoms with Crippen LogP contribution in [0.1, 0.15) is 40.4 Å². The Morgan fingerprint density at radius 3 is 2.62 bits per heavy atom. The molecule has 4 aromatic rings. The normalized spacial score (nSPS) is 15.3. The van der Waals surface area contributed by atoms with Gasteiger partial charge in [0.1, 0.15) is 11.6 Å². The molecule has 0 fully saturated rings. The lowest BCUT2D eigenvalue weighted by molar-refractivity contribution is -0.117. The second-order valence-electron chi connectivity index (χ2n) is 8.51. The zero-order valence-electron chi connectivity index (χ0n) is 20.8. The van der Waals surface area contributed by atoms with Gasteiger partial charge in [0.2, 0.25) is 10.9 Å². The highest BCUT2D eigenvalue weighted by Gasteiger charge is 2.47. The second-order valence-corrected chi connectivity index (χ2v) is 10.7. The number of carbonyl (C=O) groups excluding carboxylic acids is 2. The number of phenolic OH excluding ortho intramolecular Hbond substituents is 1. The quantitative estimate of drug-likeness (QED) is 0.147. The van der Waals surface area contributed by atoms with Crippen molar-refractivity contribution in [2.45, 2.75) is 30.0 Å². The van der Waals surface area contributed by atoms with E-state index in [1.54, 1.807) is 32.0 Å². The van der Waals surface area contributed by atoms with E-state index in [0.29, 0.717) is 21.4 Å². The van der Waals surface area contributed by atoms with Crippen LogP contribution in [0.5, 0.6) is 11.5 Å². The van der Waals surface area contributed by atoms with E-state index >= 15 is 0 Å². The number of phenols is 1. The molecule has 0 spiro atoms. The summed E-state index contributed by atoms with van der Waals surface area (Å²) in [5.41, 5.74) is 1.08. The lowest BCUT2D eigenvalue weighted by atomic mass is 9.95. The monoisotopic (exact) mass is 567 g/mol. The minimum absolute atomic E-state index is 0.0367. The molecule has 2 aromatic carbocycles. The van der Waals surface area contributed by atoms with Gasteiger partial charge in [0, 0.05) is 5.75 Å². The van der Waals surface area contributed by atoms with Crippen LogP contribution < -0.4 is 9.64 Å². The number of halogens is 1. The van der Waals surface area contributed by atoms with Gasteiger partial charge >= 0.3 is 0 Å². The topological polar surface area (TPSA) is 126 Å². The number of carbonyl (C=O) groups is 2. The van der Waals surface area contributed by atoms with Crippen molar-refractivity contribution in [1.82, 2.24) is 10.2 Å². The number of aromatic hydroxyl groups is 1. The number of aliphatic hydroxyl groups excluding tert-OH is 1. The van der Waals surface area contributed by atoms with Crippen LogP contribution in [0.4, 0.5) is 9.52 Å². The highest BCUT2D eigenvalue weighted by atomic mass is 32.2. The number of hydrogen-bond acceptors (Lipinski definition) is 10. The minimum Gasteiger partial charge on any atom is -0.504 e. The Hall–Kier alpha value is -4.16. The highest BCUT2D eigenvalue weighted by molar-refractivity contribution is 8.00. The number of rotatable bonds is 9. The van der Waals surface area contributed by atoms with Gasteiger partial charge in [-0.1, -0.05) is 41.3 Å². The summed E-state index contributed by atoms with van der Waals surface area (Å²) >= 11 is 2.46. The van der Waals surface area contributed by atoms with Gasteiger partial charge in [-0.15, -0.1) is 10.2 Å². The average Bonchev–Trinajstić information content (AvgIpc) is 3.63. The molecular formula is C27H22FN3O6S2. The third-order valence-corrected chi connectivity index (χ3v) is 8.02. The summed E-state index contributed by atoms with van der Waals surface area (Å²) in [7, 11) is 0. The van der Waals surface area contributed by atoms with Crippen LogP contribution in [0.15, 0.2) is 74.7 Å². The van der Waals surface area contributed by atoms with E-state index < -0.39 is 23.5 Å². The van der Waals surface area contributed by atoms with E-state index in [9.17, 15) is 24.2 Å². The average molecular weight is 568 g/mol. The molecule has 5 rings (SSSR count). The zero-order chi connectivity index (χ0) is 27.7. The molecular weight excluding hydrogens is 545 g/mol. The van der Waals surface area contributed by atoms with Crippen molar-refractivity contribution in [1.29, 1.82) is 0 Å². The zero-order valence-corrected chi connectivity index (χ0v) is 22.4. The maximum absolute atomic E-state index is 13.5. The van der Waals surface area contributed by atoms with Crippen molar-refractivity contribution in [3.63, 3.8) is 0 Å². The van der Waals surface area contributed by atoms with E-state index in [1.165, 1.54) is 53.1 Å². The van der Waals surface area contributed by atoms with Gasteiger partial charge in [-0.25, -0.2) is 4.39 Å². The maximum Gasteiger partial charge on any atom is 0.296 e. The lowest BCUT2D eigenvalue weighted by Crippen LogP contribution is -2.31. The molecule has 12 heteroatoms. The van der Waals surface area contributed by atoms with Crippen molar-refractivity contribution in [2.24, 2.45) is 0 Å². The summed E-state index contributed by atoms with van der Waals surface area (Å²) in [6.07, 6.45) is 0. The predicted molar refractivity (Wildman–Crippen MR) is 143 cm³/mol. The molecule has 0 radical (unpaired) electrons. The van der Waals surface area contributed by atoms with Crippen molar-refractivity contribution in [3.8, 4) is 11.5 Å². The molecule has 0 saturated carbocycles. The Labute approximate surface area is 230 Å². The first kappa shape index (κ1) is 26.4. The number of aromatic nitrogens is 2. The third kappa shape index (κ3) is 5.25. The van der Waals surface area contributed by atoms with Gasteiger partial charge in [0.25, 0.3) is 5.91 Å². The van der Waals surface area contributed by atoms with Crippen LogP contribution in [0.2, 0.25) is 0 Å². The van der Waals surface area contributed by atoms with Gasteiger partial charge in [-0.2, -0.15) is 0 Å². The summed E-state index contributed by atoms with van der Waals surface area (Å²) in [4.78, 5) is 28.1. The fourth-order valence-corrected chi connectivity index (χ4v) is 5.92. The van der Waals surface area contributed by atoms with E-state index in [4.69, 9.17) is 9.15 Å². The Morgan fingerprint density at radius 2 is 1.92 bits per heavy atom. The first-order valence-corrected chi connectivity index (χ1v) is 13.6. The van der Waals surface area contributed by atoms with Gasteiger partial charge in [-0.3, -0.25) is 14.5 Å². The van der Waals surface area contributed by atoms with Crippen LogP contribution in [0.3, 0.4) is 0 Å². The Bertz CT molecular complexity index is 1580. The van der Waals surface area contributed by atoms with Crippen LogP contribution in [0, 0.1) is 12.7 Å². The van der Waals surface area contributed by atoms with E-state index in [2.05, 4.69) is 10.2 Å². The lowest BCUT2D eigenvalue weighted by Gasteiger charge is -2.24. The molecule has 200 valence electrons. The first-order valence-electron chi connectivity index (χ1n) is 11.8. The molecule has 0 aliphatic carbocycles. The summed E-state index contributed by atoms with van der Waals surface area (Å²) < 4.78 is 24.8. The number of benzene rings is 2. The number of furan rings is 1. The van der Waals surface area contributed by atoms with Crippen LogP contribution >= 0.6 is 23.1 Å². The SMILES string of the molecule is CCOc1cc(C2C(C(=O)c3ccc(C)o3)=C(O)C(=O)N2c2nnc(SCc3ccc(F)cc3)s2)ccc1O. The molecule has 9 nitrogen and oxygen atoms in total. The maximum atomic E-state index is 13.5. The number of anilines is 1. The summed E-state index contributed by atoms with van der Waals surface area (Å²) in [5.74, 6) is -1.57. The van der Waals surface area contributed by atoms with Gasteiger partial charge in [-0.05, 0) is 61.4 Å². The molecule has 1 atom stereocenters. The number of nitrogens with zero attached hydrogens (tertiary/aromatic N) is 3. The number of amides is 1. The van der Waals surface area contributed by atoms with Crippen molar-refractivity contribution >= 4 is 39.9 Å². The molecule has 2 aromatic heterocycles. The largest absolute Gasteiger partial charge is 0.504 e. The van der Waals surface area contributed by atoms with Gasteiger partial charge in [0.15, 0.2) is 27.4 Å². The third-order valence-electron chi connectivity index (χ3n) is 5.89. The molecule has 2 N–H and O–H groups in total. The number of Topliss-reactive ketones (excluding diaryl/α,β-unsaturated/α-hetero) is 1. The Kier molecular flexibility index (Phi) is 7.40. The first-order chi connectivity index (χ1) is 18.8. The standard InChI is InChI=1S/C27H22FN3O6S2/c1-3-36-20-12-16(7-10-18(20)32)22-21(23(33)19-11-4-14(2)37-19)24(34)25(35)31(22)26-29-30-27(39-26)38-13-15-5-8-17(28)9-6-15/h4-12,22,32,34H,3,13H2,1-2H3. The smallest absolute Gasteiger partial charge is 0.296 e. The number of aryl methyl sites for hydroxylation is 1. The van der Waals surface area contributed by atoms with E-state index in [0.717, 1.165) is 16.9 Å². The number of ketones is 1. The molecule has 39 heavy (non-hydrogen) atoms. The fourth-order valence-electron chi connectivity index (χ4n) is 4.10. The molecule has 1 aliphatic heterocycles. The van der Waals surface area contributed by atoms with E-state index in [1.807, 2.05) is 0 Å². The highest BCUT2D eigenvalue weighted by Crippen LogP contribution is 2.45. The molecule has 3 heterocycles. The van der Waals surface area contributed by atoms with Crippen LogP contribution in [-0.4, -0.2) is 38.7 Å². The minimum atomic E-state index is -1.10. The molecule has 1 unspecified atom stereocenters. The molecule has 1 aliphatic rings. The van der Waals surface area contributed by atoms with Crippen molar-refractivity contribution < 1.29 is 33.3 Å². The predicted octanol–water partition coefficient (Wildman–Crippen LogP) is 5.76. The Morgan fingerprint density at radius 1 is 1.15 bits per heavy atom. The molecule has 1 amide bonds. The summed E-state index contributed by atoms with van der Waals surface area (Å²) in [6, 6.07) is 12.5. The van der Waals surface area contributed by atoms with Crippen LogP contribution in [-0.2, 0) is 10.5 Å². The summed E-state index contributed by atoms with van der Waals surface area (Å²) in [6.45, 7) is 3.70. The number of aliphatic hydroxyl groups is 1. The fraction of sp³-hybridized carbons (Fsp3) is 0.185. The van der Waals surface area contributed by atoms with E-state index in [-0.39, 0.29) is 40.4 Å². The van der Waals surface area contributed by atoms with Gasteiger partial charge < -0.3 is 19.4 Å². The molecule has 0 saturated heterocycles. The number of thioether (sulfide) groups is 1. The van der Waals surface area contributed by atoms with Crippen molar-refractivity contribution in [3.05, 3.63) is 94.4 Å². The van der Waals surface area contributed by atoms with Crippen LogP contribution in [0.25, 0.3) is 0 Å². The van der Waals surface area contributed by atoms with Crippen molar-refractivity contribution in [2.75, 3.05) is 11.5 Å². The Balaban J connectivity index is 1.52. The summed E-state index contributed by atoms with van der Waals surface area (Å²) in [5, 5.41) is 29.7. The number of ether oxygens (including phenoxy) is 1.